The van der Waals surface area contributed by atoms with E-state index in [1.807, 2.05) is 5.32 Å². The molecule has 24 heteroatoms. The monoisotopic (exact) mass is 1050 g/mol. The van der Waals surface area contributed by atoms with Crippen molar-refractivity contribution in [2.75, 3.05) is 0 Å². The highest BCUT2D eigenvalue weighted by Crippen LogP contribution is 2.25. The van der Waals surface area contributed by atoms with Crippen LogP contribution in [0, 0.1) is 18.3 Å². The topological polar surface area (TPSA) is 333 Å². The number of nitrogens with one attached hydrogen (secondary N) is 7. The molecule has 0 saturated carbocycles. The Morgan fingerprint density at radius 1 is 0.568 bits per heavy atom. The van der Waals surface area contributed by atoms with Crippen molar-refractivity contribution in [2.45, 2.75) is 161 Å². The Morgan fingerprint density at radius 3 is 1.64 bits per heavy atom. The van der Waals surface area contributed by atoms with Crippen LogP contribution >= 0.6 is 0 Å². The summed E-state index contributed by atoms with van der Waals surface area (Å²) in [5, 5.41) is 44.2. The zero-order chi connectivity index (χ0) is 56.1. The molecular formula is C50H68F3N7O14. The van der Waals surface area contributed by atoms with Gasteiger partial charge < -0.3 is 52.5 Å². The van der Waals surface area contributed by atoms with Gasteiger partial charge >= 0.3 is 24.1 Å². The molecule has 408 valence electrons. The highest BCUT2D eigenvalue weighted by Gasteiger charge is 2.42. The molecule has 10 N–H and O–H groups in total. The van der Waals surface area contributed by atoms with E-state index in [9.17, 15) is 76.1 Å². The van der Waals surface area contributed by atoms with E-state index in [1.165, 1.54) is 20.8 Å². The molecular weight excluding hydrogens is 980 g/mol. The summed E-state index contributed by atoms with van der Waals surface area (Å²) in [6.07, 6.45) is -10.3. The van der Waals surface area contributed by atoms with Gasteiger partial charge in [0, 0.05) is 19.3 Å². The molecule has 0 fully saturated rings. The Balaban J connectivity index is 2.52. The van der Waals surface area contributed by atoms with Gasteiger partial charge in [-0.3, -0.25) is 52.7 Å². The average Bonchev–Trinajstić information content (AvgIpc) is 3.29. The minimum absolute atomic E-state index is 0.206. The Bertz CT molecular complexity index is 2320. The van der Waals surface area contributed by atoms with E-state index in [4.69, 9.17) is 5.11 Å². The van der Waals surface area contributed by atoms with Crippen LogP contribution in [0.3, 0.4) is 0 Å². The van der Waals surface area contributed by atoms with Gasteiger partial charge in [0.25, 0.3) is 5.91 Å². The van der Waals surface area contributed by atoms with Crippen molar-refractivity contribution in [3.63, 3.8) is 0 Å². The second-order valence-corrected chi connectivity index (χ2v) is 19.3. The van der Waals surface area contributed by atoms with Crippen LogP contribution in [-0.4, -0.2) is 123 Å². The maximum atomic E-state index is 14.4. The number of hydrogen-bond acceptors (Lipinski definition) is 11. The summed E-state index contributed by atoms with van der Waals surface area (Å²) < 4.78 is 41.9. The predicted octanol–water partition coefficient (Wildman–Crippen LogP) is 2.92. The molecule has 2 aromatic carbocycles. The fourth-order valence-electron chi connectivity index (χ4n) is 7.49. The summed E-state index contributed by atoms with van der Waals surface area (Å²) in [5.74, 6) is -14.5. The lowest BCUT2D eigenvalue weighted by Crippen LogP contribution is -2.62. The van der Waals surface area contributed by atoms with E-state index in [1.54, 1.807) is 82.3 Å². The van der Waals surface area contributed by atoms with Crippen molar-refractivity contribution in [3.05, 3.63) is 71.3 Å². The van der Waals surface area contributed by atoms with Gasteiger partial charge in [-0.2, -0.15) is 13.2 Å². The molecule has 0 aliphatic rings. The SMILES string of the molecule is CCC[C@H](NC(=O)C(=O)C(CC(F)(F)F)NC(=O)[C@H](CC(C)C)NC(=O)[C@@H](NC(=O)[C@H](Cc1ccccc1C)NC(=O)[C@H](CCC(=O)O)NC(=O)[C@H](CC(=O)O)NC(=O)CCC(=O)O)C(C)(C)C)c1ccccc1. The number of carboxylic acids is 3. The smallest absolute Gasteiger partial charge is 0.391 e. The first-order chi connectivity index (χ1) is 34.4. The Kier molecular flexibility index (Phi) is 24.9. The summed E-state index contributed by atoms with van der Waals surface area (Å²) in [5.41, 5.74) is 0.495. The van der Waals surface area contributed by atoms with Gasteiger partial charge in [-0.05, 0) is 54.2 Å². The van der Waals surface area contributed by atoms with Gasteiger partial charge in [0.15, 0.2) is 0 Å². The number of amides is 7. The van der Waals surface area contributed by atoms with Gasteiger partial charge in [-0.1, -0.05) is 103 Å². The minimum Gasteiger partial charge on any atom is -0.481 e. The summed E-state index contributed by atoms with van der Waals surface area (Å²) in [6.45, 7) is 11.3. The van der Waals surface area contributed by atoms with Crippen molar-refractivity contribution in [3.8, 4) is 0 Å². The Morgan fingerprint density at radius 2 is 1.09 bits per heavy atom. The fourth-order valence-corrected chi connectivity index (χ4v) is 7.49. The number of Topliss-reactive ketones (excluding diaryl/α,β-unsaturated/α-hetero) is 1. The first-order valence-electron chi connectivity index (χ1n) is 23.9. The van der Waals surface area contributed by atoms with Crippen molar-refractivity contribution < 1.29 is 81.2 Å². The van der Waals surface area contributed by atoms with Crippen molar-refractivity contribution in [1.29, 1.82) is 0 Å². The van der Waals surface area contributed by atoms with Crippen LogP contribution in [0.4, 0.5) is 13.2 Å². The number of rotatable bonds is 30. The fraction of sp³-hybridized carbons (Fsp3) is 0.540. The van der Waals surface area contributed by atoms with Gasteiger partial charge in [0.05, 0.1) is 25.3 Å². The van der Waals surface area contributed by atoms with Crippen molar-refractivity contribution >= 4 is 65.0 Å². The van der Waals surface area contributed by atoms with Crippen LogP contribution in [0.1, 0.15) is 122 Å². The maximum absolute atomic E-state index is 14.4. The lowest BCUT2D eigenvalue weighted by Gasteiger charge is -2.34. The molecule has 0 spiro atoms. The van der Waals surface area contributed by atoms with E-state index < -0.39 is 163 Å². The summed E-state index contributed by atoms with van der Waals surface area (Å²) >= 11 is 0. The highest BCUT2D eigenvalue weighted by molar-refractivity contribution is 6.38. The lowest BCUT2D eigenvalue weighted by atomic mass is 9.85. The first kappa shape index (κ1) is 62.7. The standard InChI is InChI=1S/C50H68F3N7O14/c1-8-14-31(29-16-10-9-11-17-29)55-47(73)41(68)36(26-50(51,52)53)59-44(70)33(23-27(2)3)58-48(74)42(49(5,6)7)60-46(72)34(24-30-18-13-12-15-28(30)4)57-43(69)32(19-21-38(62)63)56-45(71)35(25-40(66)67)54-37(61)20-22-39(64)65/h9-13,15-18,27,31-36,42H,8,14,19-26H2,1-7H3,(H,54,61)(H,55,73)(H,56,71)(H,57,69)(H,58,74)(H,59,70)(H,60,72)(H,62,63)(H,64,65)(H,66,67)/t31-,32-,33-,34-,35-,36?,42+/m0/s1. The summed E-state index contributed by atoms with van der Waals surface area (Å²) in [4.78, 5) is 144. The van der Waals surface area contributed by atoms with E-state index in [-0.39, 0.29) is 12.8 Å². The normalized spacial score (nSPS) is 14.3. The number of halogens is 3. The second-order valence-electron chi connectivity index (χ2n) is 19.3. The van der Waals surface area contributed by atoms with Crippen LogP contribution in [-0.2, 0) is 59.2 Å². The van der Waals surface area contributed by atoms with Crippen LogP contribution in [0.5, 0.6) is 0 Å². The third-order valence-electron chi connectivity index (χ3n) is 11.3. The molecule has 0 heterocycles. The Labute approximate surface area is 426 Å². The molecule has 0 aliphatic carbocycles. The number of aryl methyl sites for hydroxylation is 1. The van der Waals surface area contributed by atoms with Gasteiger partial charge in [-0.15, -0.1) is 0 Å². The molecule has 21 nitrogen and oxygen atoms in total. The molecule has 74 heavy (non-hydrogen) atoms. The van der Waals surface area contributed by atoms with Crippen LogP contribution in [0.15, 0.2) is 54.6 Å². The maximum Gasteiger partial charge on any atom is 0.391 e. The second kappa shape index (κ2) is 29.3. The summed E-state index contributed by atoms with van der Waals surface area (Å²) in [7, 11) is 0. The third-order valence-corrected chi connectivity index (χ3v) is 11.3. The molecule has 0 bridgehead atoms. The van der Waals surface area contributed by atoms with Gasteiger partial charge in [0.2, 0.25) is 41.2 Å². The van der Waals surface area contributed by atoms with E-state index in [0.29, 0.717) is 29.5 Å². The zero-order valence-corrected chi connectivity index (χ0v) is 42.4. The van der Waals surface area contributed by atoms with E-state index in [2.05, 4.69) is 31.9 Å². The van der Waals surface area contributed by atoms with E-state index >= 15 is 0 Å². The molecule has 0 aliphatic heterocycles. The van der Waals surface area contributed by atoms with Gasteiger partial charge in [-0.25, -0.2) is 0 Å². The van der Waals surface area contributed by atoms with Crippen molar-refractivity contribution in [2.24, 2.45) is 11.3 Å². The first-order valence-corrected chi connectivity index (χ1v) is 23.9. The van der Waals surface area contributed by atoms with E-state index in [0.717, 1.165) is 0 Å². The minimum atomic E-state index is -5.05. The number of carbonyl (C=O) groups is 11. The van der Waals surface area contributed by atoms with Crippen LogP contribution in [0.25, 0.3) is 0 Å². The third kappa shape index (κ3) is 22.6. The van der Waals surface area contributed by atoms with Gasteiger partial charge in [0.1, 0.15) is 36.3 Å². The summed E-state index contributed by atoms with van der Waals surface area (Å²) in [6, 6.07) is 3.36. The van der Waals surface area contributed by atoms with Crippen molar-refractivity contribution in [1.82, 2.24) is 37.2 Å². The largest absolute Gasteiger partial charge is 0.481 e. The Hall–Kier alpha value is -7.40. The molecule has 0 radical (unpaired) electrons. The number of alkyl halides is 3. The molecule has 0 aromatic heterocycles. The van der Waals surface area contributed by atoms with Crippen LogP contribution in [0.2, 0.25) is 0 Å². The number of carbonyl (C=O) groups excluding carboxylic acids is 8. The molecule has 0 saturated heterocycles. The number of aliphatic carboxylic acids is 3. The number of carboxylic acid groups (broad SMARTS) is 3. The average molecular weight is 1050 g/mol. The number of ketones is 1. The quantitative estimate of drug-likeness (QED) is 0.0504. The predicted molar refractivity (Wildman–Crippen MR) is 259 cm³/mol. The zero-order valence-electron chi connectivity index (χ0n) is 42.4. The number of hydrogen-bond donors (Lipinski definition) is 10. The number of benzene rings is 2. The van der Waals surface area contributed by atoms with Crippen LogP contribution < -0.4 is 37.2 Å². The molecule has 2 aromatic rings. The molecule has 2 rings (SSSR count). The molecule has 1 unspecified atom stereocenters. The highest BCUT2D eigenvalue weighted by atomic mass is 19.4. The lowest BCUT2D eigenvalue weighted by molar-refractivity contribution is -0.154. The molecule has 7 atom stereocenters. The molecule has 7 amide bonds.